The molecule has 1 aromatic heterocycles. The van der Waals surface area contributed by atoms with Crippen molar-refractivity contribution in [3.05, 3.63) is 82.5 Å². The van der Waals surface area contributed by atoms with Crippen molar-refractivity contribution in [2.24, 2.45) is 0 Å². The summed E-state index contributed by atoms with van der Waals surface area (Å²) >= 11 is 0. The first kappa shape index (κ1) is 20.7. The summed E-state index contributed by atoms with van der Waals surface area (Å²) in [6, 6.07) is 21.0. The molecule has 0 fully saturated rings. The van der Waals surface area contributed by atoms with Gasteiger partial charge in [-0.2, -0.15) is 0 Å². The largest absolute Gasteiger partial charge is 0.372 e. The monoisotopic (exact) mass is 413 g/mol. The smallest absolute Gasteiger partial charge is 0.244 e. The zero-order valence-electron chi connectivity index (χ0n) is 18.2. The molecule has 0 aliphatic heterocycles. The Bertz CT molecular complexity index is 1260. The van der Waals surface area contributed by atoms with E-state index in [1.165, 1.54) is 0 Å². The molecule has 0 atom stereocenters. The lowest BCUT2D eigenvalue weighted by Gasteiger charge is -2.22. The molecule has 5 heteroatoms. The fraction of sp³-hybridized carbons (Fsp3) is 0.231. The predicted octanol–water partition coefficient (Wildman–Crippen LogP) is 4.95. The molecule has 4 aromatic rings. The van der Waals surface area contributed by atoms with Gasteiger partial charge in [0.2, 0.25) is 5.91 Å². The number of rotatable bonds is 6. The molecule has 1 heterocycles. The van der Waals surface area contributed by atoms with Crippen LogP contribution in [0.25, 0.3) is 21.8 Å². The number of anilines is 2. The summed E-state index contributed by atoms with van der Waals surface area (Å²) < 4.78 is 1.92. The van der Waals surface area contributed by atoms with Gasteiger partial charge in [0.15, 0.2) is 5.43 Å². The first-order valence-electron chi connectivity index (χ1n) is 10.7. The molecule has 0 saturated carbocycles. The zero-order valence-corrected chi connectivity index (χ0v) is 18.2. The van der Waals surface area contributed by atoms with Crippen molar-refractivity contribution in [3.63, 3.8) is 0 Å². The highest BCUT2D eigenvalue weighted by Gasteiger charge is 2.14. The van der Waals surface area contributed by atoms with E-state index in [0.717, 1.165) is 41.1 Å². The van der Waals surface area contributed by atoms with E-state index in [4.69, 9.17) is 0 Å². The fourth-order valence-electron chi connectivity index (χ4n) is 4.15. The van der Waals surface area contributed by atoms with E-state index < -0.39 is 0 Å². The van der Waals surface area contributed by atoms with Crippen molar-refractivity contribution in [3.8, 4) is 0 Å². The van der Waals surface area contributed by atoms with Crippen LogP contribution in [0.3, 0.4) is 0 Å². The van der Waals surface area contributed by atoms with Crippen LogP contribution in [0.15, 0.2) is 71.5 Å². The predicted molar refractivity (Wildman–Crippen MR) is 129 cm³/mol. The summed E-state index contributed by atoms with van der Waals surface area (Å²) in [5.74, 6) is -0.127. The number of carbonyl (C=O) groups is 1. The second-order valence-corrected chi connectivity index (χ2v) is 7.67. The quantitative estimate of drug-likeness (QED) is 0.455. The summed E-state index contributed by atoms with van der Waals surface area (Å²) in [4.78, 5) is 28.2. The van der Waals surface area contributed by atoms with Crippen molar-refractivity contribution < 1.29 is 4.79 Å². The molecular formula is C26H27N3O2. The van der Waals surface area contributed by atoms with Gasteiger partial charge in [0.25, 0.3) is 0 Å². The minimum absolute atomic E-state index is 0.00862. The average molecular weight is 414 g/mol. The van der Waals surface area contributed by atoms with Crippen molar-refractivity contribution in [2.75, 3.05) is 23.3 Å². The maximum absolute atomic E-state index is 13.0. The van der Waals surface area contributed by atoms with Gasteiger partial charge in [-0.25, -0.2) is 0 Å². The molecule has 0 bridgehead atoms. The van der Waals surface area contributed by atoms with Gasteiger partial charge in [0.1, 0.15) is 6.54 Å². The summed E-state index contributed by atoms with van der Waals surface area (Å²) in [5.41, 5.74) is 4.48. The number of amides is 1. The number of carbonyl (C=O) groups excluding carboxylic acids is 1. The van der Waals surface area contributed by atoms with Gasteiger partial charge in [-0.15, -0.1) is 0 Å². The molecule has 31 heavy (non-hydrogen) atoms. The summed E-state index contributed by atoms with van der Waals surface area (Å²) in [5, 5.41) is 4.29. The Morgan fingerprint density at radius 2 is 1.48 bits per heavy atom. The van der Waals surface area contributed by atoms with Crippen LogP contribution in [0.1, 0.15) is 19.4 Å². The number of nitrogens with zero attached hydrogens (tertiary/aromatic N) is 2. The van der Waals surface area contributed by atoms with E-state index in [9.17, 15) is 9.59 Å². The molecule has 158 valence electrons. The fourth-order valence-corrected chi connectivity index (χ4v) is 4.15. The normalized spacial score (nSPS) is 11.1. The molecule has 0 spiro atoms. The van der Waals surface area contributed by atoms with E-state index in [2.05, 4.69) is 30.1 Å². The van der Waals surface area contributed by atoms with Crippen LogP contribution < -0.4 is 15.6 Å². The minimum atomic E-state index is -0.127. The number of pyridine rings is 1. The van der Waals surface area contributed by atoms with Gasteiger partial charge >= 0.3 is 0 Å². The summed E-state index contributed by atoms with van der Waals surface area (Å²) in [7, 11) is 0. The second-order valence-electron chi connectivity index (χ2n) is 7.67. The second kappa shape index (κ2) is 8.64. The van der Waals surface area contributed by atoms with E-state index >= 15 is 0 Å². The molecule has 0 aliphatic rings. The maximum atomic E-state index is 13.0. The lowest BCUT2D eigenvalue weighted by molar-refractivity contribution is -0.116. The molecule has 3 aromatic carbocycles. The third kappa shape index (κ3) is 3.91. The van der Waals surface area contributed by atoms with Crippen LogP contribution in [0.2, 0.25) is 0 Å². The van der Waals surface area contributed by atoms with E-state index in [0.29, 0.717) is 10.8 Å². The highest BCUT2D eigenvalue weighted by atomic mass is 16.2. The van der Waals surface area contributed by atoms with Crippen LogP contribution in [0, 0.1) is 6.92 Å². The summed E-state index contributed by atoms with van der Waals surface area (Å²) in [6.45, 7) is 8.27. The Labute approximate surface area is 181 Å². The summed E-state index contributed by atoms with van der Waals surface area (Å²) in [6.07, 6.45) is 0. The van der Waals surface area contributed by atoms with Gasteiger partial charge in [-0.3, -0.25) is 9.59 Å². The number of benzene rings is 3. The third-order valence-electron chi connectivity index (χ3n) is 5.79. The Morgan fingerprint density at radius 1 is 0.903 bits per heavy atom. The highest BCUT2D eigenvalue weighted by Crippen LogP contribution is 2.23. The van der Waals surface area contributed by atoms with Crippen LogP contribution in [0.5, 0.6) is 0 Å². The lowest BCUT2D eigenvalue weighted by atomic mass is 10.1. The lowest BCUT2D eigenvalue weighted by Crippen LogP contribution is -2.23. The van der Waals surface area contributed by atoms with Gasteiger partial charge in [0, 0.05) is 35.2 Å². The minimum Gasteiger partial charge on any atom is -0.372 e. The first-order valence-corrected chi connectivity index (χ1v) is 10.7. The Morgan fingerprint density at radius 3 is 2.03 bits per heavy atom. The maximum Gasteiger partial charge on any atom is 0.244 e. The highest BCUT2D eigenvalue weighted by molar-refractivity contribution is 5.97. The van der Waals surface area contributed by atoms with Crippen LogP contribution >= 0.6 is 0 Å². The topological polar surface area (TPSA) is 54.3 Å². The Kier molecular flexibility index (Phi) is 5.76. The van der Waals surface area contributed by atoms with Crippen LogP contribution in [-0.4, -0.2) is 23.6 Å². The molecule has 0 radical (unpaired) electrons. The zero-order chi connectivity index (χ0) is 22.0. The van der Waals surface area contributed by atoms with E-state index in [1.807, 2.05) is 72.2 Å². The average Bonchev–Trinajstić information content (AvgIpc) is 2.79. The Hall–Kier alpha value is -3.60. The van der Waals surface area contributed by atoms with Crippen molar-refractivity contribution in [2.45, 2.75) is 27.3 Å². The van der Waals surface area contributed by atoms with Crippen molar-refractivity contribution in [1.29, 1.82) is 0 Å². The number of hydrogen-bond donors (Lipinski definition) is 1. The van der Waals surface area contributed by atoms with Crippen molar-refractivity contribution in [1.82, 2.24) is 4.57 Å². The molecule has 1 N–H and O–H groups in total. The number of aryl methyl sites for hydroxylation is 1. The number of hydrogen-bond acceptors (Lipinski definition) is 3. The first-order chi connectivity index (χ1) is 15.0. The molecule has 0 unspecified atom stereocenters. The molecule has 1 amide bonds. The Balaban J connectivity index is 1.68. The number of nitrogens with one attached hydrogen (secondary N) is 1. The van der Waals surface area contributed by atoms with Gasteiger partial charge in [-0.1, -0.05) is 24.3 Å². The van der Waals surface area contributed by atoms with E-state index in [-0.39, 0.29) is 17.9 Å². The molecular weight excluding hydrogens is 386 g/mol. The third-order valence-corrected chi connectivity index (χ3v) is 5.79. The number of fused-ring (bicyclic) bond motifs is 2. The van der Waals surface area contributed by atoms with Crippen LogP contribution in [0.4, 0.5) is 11.4 Å². The van der Waals surface area contributed by atoms with Crippen LogP contribution in [-0.2, 0) is 11.3 Å². The van der Waals surface area contributed by atoms with E-state index in [1.54, 1.807) is 0 Å². The van der Waals surface area contributed by atoms with Gasteiger partial charge in [-0.05, 0) is 68.8 Å². The molecule has 0 saturated heterocycles. The van der Waals surface area contributed by atoms with Gasteiger partial charge in [0.05, 0.1) is 11.0 Å². The standard InChI is InChI=1S/C26H27N3O2/c1-4-28(5-2)19-14-15-22(18(3)16-19)27-25(30)17-29-23-12-8-6-10-20(23)26(31)21-11-7-9-13-24(21)29/h6-16H,4-5,17H2,1-3H3,(H,27,30). The molecule has 4 rings (SSSR count). The van der Waals surface area contributed by atoms with Crippen molar-refractivity contribution >= 4 is 39.1 Å². The van der Waals surface area contributed by atoms with Gasteiger partial charge < -0.3 is 14.8 Å². The number of para-hydroxylation sites is 2. The SMILES string of the molecule is CCN(CC)c1ccc(NC(=O)Cn2c3ccccc3c(=O)c3ccccc32)c(C)c1. The number of aromatic nitrogens is 1. The molecule has 0 aliphatic carbocycles. The molecule has 5 nitrogen and oxygen atoms in total.